The number of amides is 2. The molecule has 3 aromatic rings. The molecule has 1 heterocycles. The predicted octanol–water partition coefficient (Wildman–Crippen LogP) is 5.13. The zero-order valence-corrected chi connectivity index (χ0v) is 20.8. The summed E-state index contributed by atoms with van der Waals surface area (Å²) in [6.45, 7) is 6.28. The number of piperidine rings is 1. The third kappa shape index (κ3) is 6.86. The minimum absolute atomic E-state index is 0.0805. The van der Waals surface area contributed by atoms with Gasteiger partial charge in [0, 0.05) is 18.8 Å². The first-order chi connectivity index (χ1) is 17.5. The normalized spacial score (nSPS) is 14.2. The monoisotopic (exact) mass is 487 g/mol. The Bertz CT molecular complexity index is 1190. The highest BCUT2D eigenvalue weighted by atomic mass is 16.5. The van der Waals surface area contributed by atoms with Gasteiger partial charge in [-0.3, -0.25) is 14.5 Å². The molecule has 7 nitrogen and oxygen atoms in total. The summed E-state index contributed by atoms with van der Waals surface area (Å²) in [6.07, 6.45) is 1.73. The van der Waals surface area contributed by atoms with E-state index in [4.69, 9.17) is 9.47 Å². The van der Waals surface area contributed by atoms with Gasteiger partial charge in [0.25, 0.3) is 5.91 Å². The molecular weight excluding hydrogens is 454 g/mol. The van der Waals surface area contributed by atoms with E-state index in [1.165, 1.54) is 0 Å². The summed E-state index contributed by atoms with van der Waals surface area (Å²) >= 11 is 0. The van der Waals surface area contributed by atoms with E-state index in [0.29, 0.717) is 17.9 Å². The standard InChI is InChI=1S/C29H33N3O4/c1-3-35-26-13-6-7-14-27(26)36-23-15-17-32(18-16-23)20-28(33)31-25-12-5-4-11-24(25)29(34)30-22-10-8-9-21(2)19-22/h4-14,19,23H,3,15-18,20H2,1-2H3,(H,30,34)(H,31,33). The quantitative estimate of drug-likeness (QED) is 0.438. The maximum absolute atomic E-state index is 12.9. The molecule has 1 fully saturated rings. The Balaban J connectivity index is 1.29. The van der Waals surface area contributed by atoms with Crippen LogP contribution < -0.4 is 20.1 Å². The fourth-order valence-corrected chi connectivity index (χ4v) is 4.29. The van der Waals surface area contributed by atoms with Crippen LogP contribution in [-0.2, 0) is 4.79 Å². The van der Waals surface area contributed by atoms with E-state index in [9.17, 15) is 9.59 Å². The SMILES string of the molecule is CCOc1ccccc1OC1CCN(CC(=O)Nc2ccccc2C(=O)Nc2cccc(C)c2)CC1. The molecule has 0 radical (unpaired) electrons. The van der Waals surface area contributed by atoms with Gasteiger partial charge in [0.05, 0.1) is 24.4 Å². The van der Waals surface area contributed by atoms with Gasteiger partial charge < -0.3 is 20.1 Å². The van der Waals surface area contributed by atoms with E-state index in [2.05, 4.69) is 15.5 Å². The molecule has 2 amide bonds. The first kappa shape index (κ1) is 25.3. The fraction of sp³-hybridized carbons (Fsp3) is 0.310. The Kier molecular flexibility index (Phi) is 8.57. The number of carbonyl (C=O) groups excluding carboxylic acids is 2. The molecule has 3 aromatic carbocycles. The van der Waals surface area contributed by atoms with Crippen molar-refractivity contribution in [2.75, 3.05) is 36.9 Å². The van der Waals surface area contributed by atoms with Gasteiger partial charge in [-0.1, -0.05) is 36.4 Å². The second-order valence-corrected chi connectivity index (χ2v) is 8.89. The van der Waals surface area contributed by atoms with Gasteiger partial charge in [-0.25, -0.2) is 0 Å². The fourth-order valence-electron chi connectivity index (χ4n) is 4.29. The molecule has 2 N–H and O–H groups in total. The Morgan fingerprint density at radius 1 is 0.917 bits per heavy atom. The van der Waals surface area contributed by atoms with Crippen LogP contribution in [0.15, 0.2) is 72.8 Å². The number of ether oxygens (including phenoxy) is 2. The van der Waals surface area contributed by atoms with E-state index in [-0.39, 0.29) is 24.5 Å². The van der Waals surface area contributed by atoms with Gasteiger partial charge in [0.1, 0.15) is 6.10 Å². The molecule has 0 atom stereocenters. The summed E-state index contributed by atoms with van der Waals surface area (Å²) in [7, 11) is 0. The van der Waals surface area contributed by atoms with Gasteiger partial charge in [-0.05, 0) is 68.7 Å². The molecule has 36 heavy (non-hydrogen) atoms. The third-order valence-corrected chi connectivity index (χ3v) is 6.07. The first-order valence-electron chi connectivity index (χ1n) is 12.4. The highest BCUT2D eigenvalue weighted by Gasteiger charge is 2.23. The van der Waals surface area contributed by atoms with Crippen LogP contribution in [-0.4, -0.2) is 49.1 Å². The zero-order chi connectivity index (χ0) is 25.3. The van der Waals surface area contributed by atoms with Gasteiger partial charge in [-0.2, -0.15) is 0 Å². The summed E-state index contributed by atoms with van der Waals surface area (Å²) in [4.78, 5) is 27.8. The van der Waals surface area contributed by atoms with E-state index in [1.807, 2.05) is 68.4 Å². The smallest absolute Gasteiger partial charge is 0.257 e. The summed E-state index contributed by atoms with van der Waals surface area (Å²) in [5.74, 6) is 1.11. The molecular formula is C29H33N3O4. The van der Waals surface area contributed by atoms with Crippen LogP contribution in [0.4, 0.5) is 11.4 Å². The maximum Gasteiger partial charge on any atom is 0.257 e. The third-order valence-electron chi connectivity index (χ3n) is 6.07. The Labute approximate surface area is 212 Å². The first-order valence-corrected chi connectivity index (χ1v) is 12.4. The molecule has 188 valence electrons. The second kappa shape index (κ2) is 12.2. The number of likely N-dealkylation sites (tertiary alicyclic amines) is 1. The van der Waals surface area contributed by atoms with Crippen LogP contribution in [0.3, 0.4) is 0 Å². The number of hydrogen-bond acceptors (Lipinski definition) is 5. The minimum Gasteiger partial charge on any atom is -0.490 e. The lowest BCUT2D eigenvalue weighted by Gasteiger charge is -2.32. The lowest BCUT2D eigenvalue weighted by Crippen LogP contribution is -2.42. The van der Waals surface area contributed by atoms with Crippen LogP contribution in [0.1, 0.15) is 35.7 Å². The summed E-state index contributed by atoms with van der Waals surface area (Å²) in [5, 5.41) is 5.83. The van der Waals surface area contributed by atoms with E-state index < -0.39 is 0 Å². The number of para-hydroxylation sites is 3. The molecule has 1 saturated heterocycles. The van der Waals surface area contributed by atoms with Gasteiger partial charge in [-0.15, -0.1) is 0 Å². The molecule has 1 aliphatic heterocycles. The number of hydrogen-bond donors (Lipinski definition) is 2. The van der Waals surface area contributed by atoms with E-state index in [1.54, 1.807) is 18.2 Å². The van der Waals surface area contributed by atoms with Crippen LogP contribution in [0.25, 0.3) is 0 Å². The van der Waals surface area contributed by atoms with Crippen molar-refractivity contribution in [1.29, 1.82) is 0 Å². The zero-order valence-electron chi connectivity index (χ0n) is 20.8. The number of aryl methyl sites for hydroxylation is 1. The summed E-state index contributed by atoms with van der Waals surface area (Å²) in [5.41, 5.74) is 2.70. The van der Waals surface area contributed by atoms with Gasteiger partial charge >= 0.3 is 0 Å². The number of anilines is 2. The van der Waals surface area contributed by atoms with Crippen LogP contribution in [0.2, 0.25) is 0 Å². The van der Waals surface area contributed by atoms with E-state index >= 15 is 0 Å². The number of carbonyl (C=O) groups is 2. The van der Waals surface area contributed by atoms with Crippen LogP contribution >= 0.6 is 0 Å². The number of rotatable bonds is 9. The highest BCUT2D eigenvalue weighted by Crippen LogP contribution is 2.29. The summed E-state index contributed by atoms with van der Waals surface area (Å²) < 4.78 is 11.8. The molecule has 0 spiro atoms. The van der Waals surface area contributed by atoms with Crippen molar-refractivity contribution in [1.82, 2.24) is 4.90 Å². The van der Waals surface area contributed by atoms with Crippen LogP contribution in [0, 0.1) is 6.92 Å². The average molecular weight is 488 g/mol. The molecule has 4 rings (SSSR count). The Morgan fingerprint density at radius 2 is 1.64 bits per heavy atom. The molecule has 0 unspecified atom stereocenters. The van der Waals surface area contributed by atoms with Crippen molar-refractivity contribution in [3.05, 3.63) is 83.9 Å². The van der Waals surface area contributed by atoms with Gasteiger partial charge in [0.15, 0.2) is 11.5 Å². The summed E-state index contributed by atoms with van der Waals surface area (Å²) in [6, 6.07) is 22.4. The molecule has 0 saturated carbocycles. The molecule has 7 heteroatoms. The molecule has 0 aliphatic carbocycles. The number of nitrogens with zero attached hydrogens (tertiary/aromatic N) is 1. The largest absolute Gasteiger partial charge is 0.490 e. The second-order valence-electron chi connectivity index (χ2n) is 8.89. The lowest BCUT2D eigenvalue weighted by molar-refractivity contribution is -0.117. The van der Waals surface area contributed by atoms with E-state index in [0.717, 1.165) is 48.7 Å². The van der Waals surface area contributed by atoms with Gasteiger partial charge in [0.2, 0.25) is 5.91 Å². The highest BCUT2D eigenvalue weighted by molar-refractivity contribution is 6.10. The average Bonchev–Trinajstić information content (AvgIpc) is 2.87. The van der Waals surface area contributed by atoms with Crippen molar-refractivity contribution < 1.29 is 19.1 Å². The van der Waals surface area contributed by atoms with Crippen LogP contribution in [0.5, 0.6) is 11.5 Å². The van der Waals surface area contributed by atoms with Crippen molar-refractivity contribution in [2.24, 2.45) is 0 Å². The van der Waals surface area contributed by atoms with Crippen molar-refractivity contribution in [3.8, 4) is 11.5 Å². The molecule has 0 bridgehead atoms. The van der Waals surface area contributed by atoms with Crippen molar-refractivity contribution in [3.63, 3.8) is 0 Å². The lowest BCUT2D eigenvalue weighted by atomic mass is 10.1. The van der Waals surface area contributed by atoms with Crippen molar-refractivity contribution >= 4 is 23.2 Å². The van der Waals surface area contributed by atoms with Crippen molar-refractivity contribution in [2.45, 2.75) is 32.8 Å². The Morgan fingerprint density at radius 3 is 2.39 bits per heavy atom. The maximum atomic E-state index is 12.9. The molecule has 1 aliphatic rings. The Hall–Kier alpha value is -3.84. The number of nitrogens with one attached hydrogen (secondary N) is 2. The minimum atomic E-state index is -0.262. The number of benzene rings is 3. The molecule has 0 aromatic heterocycles. The predicted molar refractivity (Wildman–Crippen MR) is 142 cm³/mol. The topological polar surface area (TPSA) is 79.9 Å².